The van der Waals surface area contributed by atoms with Crippen molar-refractivity contribution in [2.24, 2.45) is 0 Å². The van der Waals surface area contributed by atoms with Crippen LogP contribution in [0.25, 0.3) is 34.3 Å². The largest absolute Gasteiger partial charge is 0.414 e. The van der Waals surface area contributed by atoms with Gasteiger partial charge in [-0.1, -0.05) is 12.1 Å². The third kappa shape index (κ3) is 3.97. The number of nitrogen functional groups attached to an aromatic ring is 2. The van der Waals surface area contributed by atoms with E-state index in [9.17, 15) is 8.42 Å². The van der Waals surface area contributed by atoms with Crippen LogP contribution in [-0.4, -0.2) is 33.8 Å². The van der Waals surface area contributed by atoms with Crippen LogP contribution in [0.3, 0.4) is 0 Å². The second-order valence-electron chi connectivity index (χ2n) is 7.14. The molecule has 0 saturated carbocycles. The standard InChI is InChI=1S/C21H20N6O3S/c1-12(2)31(28,29)16-9-5-13(6-10-16)17-11-24-19(23)18(25-17)21-27-26-20(30-21)14-3-7-15(22)8-4-14/h3-12H,22H2,1-2H3,(H2,23,24). The number of anilines is 2. The van der Waals surface area contributed by atoms with Gasteiger partial charge in [0.15, 0.2) is 21.3 Å². The van der Waals surface area contributed by atoms with Gasteiger partial charge in [0.25, 0.3) is 5.89 Å². The molecular formula is C21H20N6O3S. The molecule has 10 heteroatoms. The monoisotopic (exact) mass is 436 g/mol. The third-order valence-corrected chi connectivity index (χ3v) is 6.86. The molecule has 0 atom stereocenters. The summed E-state index contributed by atoms with van der Waals surface area (Å²) in [6.07, 6.45) is 1.50. The topological polar surface area (TPSA) is 151 Å². The zero-order chi connectivity index (χ0) is 22.2. The molecule has 0 aliphatic rings. The number of hydrogen-bond donors (Lipinski definition) is 2. The van der Waals surface area contributed by atoms with E-state index in [1.807, 2.05) is 0 Å². The van der Waals surface area contributed by atoms with Crippen molar-refractivity contribution in [3.05, 3.63) is 54.7 Å². The Balaban J connectivity index is 1.68. The lowest BCUT2D eigenvalue weighted by molar-refractivity contribution is 0.582. The average molecular weight is 436 g/mol. The van der Waals surface area contributed by atoms with Crippen LogP contribution < -0.4 is 11.5 Å². The molecule has 0 spiro atoms. The smallest absolute Gasteiger partial charge is 0.270 e. The predicted octanol–water partition coefficient (Wildman–Crippen LogP) is 3.21. The Labute approximate surface area is 179 Å². The molecule has 2 aromatic heterocycles. The Bertz CT molecular complexity index is 1330. The molecule has 0 amide bonds. The molecule has 4 N–H and O–H groups in total. The van der Waals surface area contributed by atoms with E-state index >= 15 is 0 Å². The first kappa shape index (κ1) is 20.5. The first-order chi connectivity index (χ1) is 14.8. The van der Waals surface area contributed by atoms with Gasteiger partial charge >= 0.3 is 0 Å². The Kier molecular flexibility index (Phi) is 5.15. The van der Waals surface area contributed by atoms with E-state index in [1.165, 1.54) is 6.20 Å². The Morgan fingerprint density at radius 1 is 0.871 bits per heavy atom. The van der Waals surface area contributed by atoms with Gasteiger partial charge < -0.3 is 15.9 Å². The Morgan fingerprint density at radius 3 is 2.13 bits per heavy atom. The minimum Gasteiger partial charge on any atom is -0.414 e. The summed E-state index contributed by atoms with van der Waals surface area (Å²) < 4.78 is 30.4. The van der Waals surface area contributed by atoms with E-state index in [1.54, 1.807) is 62.4 Å². The quantitative estimate of drug-likeness (QED) is 0.449. The van der Waals surface area contributed by atoms with Crippen molar-refractivity contribution in [2.45, 2.75) is 24.0 Å². The van der Waals surface area contributed by atoms with Gasteiger partial charge in [-0.25, -0.2) is 18.4 Å². The highest BCUT2D eigenvalue weighted by Gasteiger charge is 2.20. The molecule has 0 unspecified atom stereocenters. The molecule has 4 rings (SSSR count). The lowest BCUT2D eigenvalue weighted by Gasteiger charge is -2.09. The summed E-state index contributed by atoms with van der Waals surface area (Å²) in [4.78, 5) is 8.94. The third-order valence-electron chi connectivity index (χ3n) is 4.69. The molecule has 0 aliphatic carbocycles. The molecule has 31 heavy (non-hydrogen) atoms. The lowest BCUT2D eigenvalue weighted by Crippen LogP contribution is -2.13. The van der Waals surface area contributed by atoms with Gasteiger partial charge in [0.1, 0.15) is 0 Å². The van der Waals surface area contributed by atoms with Crippen LogP contribution in [0, 0.1) is 0 Å². The minimum absolute atomic E-state index is 0.123. The molecule has 2 heterocycles. The molecule has 2 aromatic carbocycles. The van der Waals surface area contributed by atoms with Crippen LogP contribution in [0.1, 0.15) is 13.8 Å². The predicted molar refractivity (Wildman–Crippen MR) is 117 cm³/mol. The highest BCUT2D eigenvalue weighted by atomic mass is 32.2. The first-order valence-electron chi connectivity index (χ1n) is 9.42. The normalized spacial score (nSPS) is 11.7. The van der Waals surface area contributed by atoms with Crippen molar-refractivity contribution in [1.82, 2.24) is 20.2 Å². The molecule has 158 valence electrons. The summed E-state index contributed by atoms with van der Waals surface area (Å²) in [5.74, 6) is 0.554. The molecule has 0 bridgehead atoms. The van der Waals surface area contributed by atoms with E-state index in [0.717, 1.165) is 0 Å². The summed E-state index contributed by atoms with van der Waals surface area (Å²) in [6, 6.07) is 13.5. The van der Waals surface area contributed by atoms with E-state index < -0.39 is 15.1 Å². The van der Waals surface area contributed by atoms with Crippen LogP contribution in [0.2, 0.25) is 0 Å². The molecular weight excluding hydrogens is 416 g/mol. The van der Waals surface area contributed by atoms with E-state index in [4.69, 9.17) is 15.9 Å². The fourth-order valence-electron chi connectivity index (χ4n) is 2.84. The van der Waals surface area contributed by atoms with E-state index in [2.05, 4.69) is 20.2 Å². The number of rotatable bonds is 5. The minimum atomic E-state index is -3.36. The van der Waals surface area contributed by atoms with Gasteiger partial charge in [0.05, 0.1) is 22.0 Å². The van der Waals surface area contributed by atoms with Gasteiger partial charge in [0, 0.05) is 16.8 Å². The molecule has 0 aliphatic heterocycles. The van der Waals surface area contributed by atoms with Crippen molar-refractivity contribution in [3.8, 4) is 34.3 Å². The number of benzene rings is 2. The van der Waals surface area contributed by atoms with Gasteiger partial charge in [-0.2, -0.15) is 0 Å². The van der Waals surface area contributed by atoms with Gasteiger partial charge in [-0.3, -0.25) is 0 Å². The summed E-state index contributed by atoms with van der Waals surface area (Å²) in [6.45, 7) is 3.29. The second kappa shape index (κ2) is 7.80. The van der Waals surface area contributed by atoms with Crippen molar-refractivity contribution >= 4 is 21.3 Å². The van der Waals surface area contributed by atoms with Gasteiger partial charge in [-0.15, -0.1) is 10.2 Å². The summed E-state index contributed by atoms with van der Waals surface area (Å²) in [7, 11) is -3.36. The molecule has 0 saturated heterocycles. The molecule has 9 nitrogen and oxygen atoms in total. The van der Waals surface area contributed by atoms with Crippen molar-refractivity contribution in [3.63, 3.8) is 0 Å². The maximum Gasteiger partial charge on any atom is 0.270 e. The first-order valence-corrected chi connectivity index (χ1v) is 11.0. The van der Waals surface area contributed by atoms with Crippen LogP contribution in [0.15, 0.2) is 64.0 Å². The van der Waals surface area contributed by atoms with Crippen LogP contribution in [0.5, 0.6) is 0 Å². The zero-order valence-electron chi connectivity index (χ0n) is 16.9. The van der Waals surface area contributed by atoms with Gasteiger partial charge in [0.2, 0.25) is 5.89 Å². The molecule has 4 aromatic rings. The maximum absolute atomic E-state index is 12.3. The zero-order valence-corrected chi connectivity index (χ0v) is 17.7. The Morgan fingerprint density at radius 2 is 1.48 bits per heavy atom. The molecule has 0 fully saturated rings. The van der Waals surface area contributed by atoms with Crippen LogP contribution in [0.4, 0.5) is 11.5 Å². The van der Waals surface area contributed by atoms with Crippen molar-refractivity contribution in [2.75, 3.05) is 11.5 Å². The van der Waals surface area contributed by atoms with Crippen LogP contribution >= 0.6 is 0 Å². The number of aromatic nitrogens is 4. The van der Waals surface area contributed by atoms with Gasteiger partial charge in [-0.05, 0) is 50.2 Å². The average Bonchev–Trinajstić information content (AvgIpc) is 3.24. The highest BCUT2D eigenvalue weighted by Crippen LogP contribution is 2.28. The fourth-order valence-corrected chi connectivity index (χ4v) is 3.90. The maximum atomic E-state index is 12.3. The van der Waals surface area contributed by atoms with E-state index in [0.29, 0.717) is 28.4 Å². The Hall–Kier alpha value is -3.79. The summed E-state index contributed by atoms with van der Waals surface area (Å²) in [5, 5.41) is 7.58. The van der Waals surface area contributed by atoms with E-state index in [-0.39, 0.29) is 22.3 Å². The summed E-state index contributed by atoms with van der Waals surface area (Å²) >= 11 is 0. The number of nitrogens with zero attached hydrogens (tertiary/aromatic N) is 4. The van der Waals surface area contributed by atoms with Crippen molar-refractivity contribution in [1.29, 1.82) is 0 Å². The number of hydrogen-bond acceptors (Lipinski definition) is 9. The SMILES string of the molecule is CC(C)S(=O)(=O)c1ccc(-c2cnc(N)c(-c3nnc(-c4ccc(N)cc4)o3)n2)cc1. The number of sulfone groups is 1. The molecule has 0 radical (unpaired) electrons. The summed E-state index contributed by atoms with van der Waals surface area (Å²) in [5.41, 5.74) is 14.4. The second-order valence-corrected chi connectivity index (χ2v) is 9.65. The van der Waals surface area contributed by atoms with Crippen LogP contribution in [-0.2, 0) is 9.84 Å². The highest BCUT2D eigenvalue weighted by molar-refractivity contribution is 7.92. The van der Waals surface area contributed by atoms with Crippen molar-refractivity contribution < 1.29 is 12.8 Å². The number of nitrogens with two attached hydrogens (primary N) is 2. The lowest BCUT2D eigenvalue weighted by atomic mass is 10.1. The fraction of sp³-hybridized carbons (Fsp3) is 0.143.